The quantitative estimate of drug-likeness (QED) is 0.695. The number of nitrogens with zero attached hydrogens (tertiary/aromatic N) is 2. The van der Waals surface area contributed by atoms with Crippen molar-refractivity contribution in [3.63, 3.8) is 0 Å². The molecule has 112 valence electrons. The van der Waals surface area contributed by atoms with Crippen LogP contribution in [0.5, 0.6) is 0 Å². The number of hydrogen-bond donors (Lipinski definition) is 1. The summed E-state index contributed by atoms with van der Waals surface area (Å²) in [5.41, 5.74) is 0. The van der Waals surface area contributed by atoms with Gasteiger partial charge in [0.1, 0.15) is 5.38 Å². The van der Waals surface area contributed by atoms with E-state index in [1.165, 1.54) is 0 Å². The molecule has 0 saturated heterocycles. The van der Waals surface area contributed by atoms with Gasteiger partial charge >= 0.3 is 6.03 Å². The zero-order valence-electron chi connectivity index (χ0n) is 12.4. The first-order chi connectivity index (χ1) is 8.96. The first-order valence-electron chi connectivity index (χ1n) is 6.92. The van der Waals surface area contributed by atoms with Gasteiger partial charge in [0.25, 0.3) is 0 Å². The lowest BCUT2D eigenvalue weighted by atomic mass is 10.3. The highest BCUT2D eigenvalue weighted by Crippen LogP contribution is 1.98. The topological polar surface area (TPSA) is 52.6 Å². The van der Waals surface area contributed by atoms with Crippen LogP contribution in [-0.4, -0.2) is 59.8 Å². The van der Waals surface area contributed by atoms with Crippen LogP contribution in [0.3, 0.4) is 0 Å². The van der Waals surface area contributed by atoms with E-state index in [9.17, 15) is 9.59 Å². The highest BCUT2D eigenvalue weighted by atomic mass is 35.5. The summed E-state index contributed by atoms with van der Waals surface area (Å²) in [6, 6.07) is -0.362. The molecule has 0 aromatic carbocycles. The lowest BCUT2D eigenvalue weighted by Gasteiger charge is -2.23. The highest BCUT2D eigenvalue weighted by Gasteiger charge is 2.17. The number of imide groups is 1. The van der Waals surface area contributed by atoms with Crippen molar-refractivity contribution in [1.29, 1.82) is 0 Å². The Labute approximate surface area is 121 Å². The van der Waals surface area contributed by atoms with Gasteiger partial charge in [-0.15, -0.1) is 11.6 Å². The Morgan fingerprint density at radius 1 is 1.11 bits per heavy atom. The van der Waals surface area contributed by atoms with Crippen molar-refractivity contribution in [2.45, 2.75) is 39.5 Å². The summed E-state index contributed by atoms with van der Waals surface area (Å²) in [5, 5.41) is 1.60. The van der Waals surface area contributed by atoms with Crippen molar-refractivity contribution in [3.8, 4) is 0 Å². The van der Waals surface area contributed by atoms with Gasteiger partial charge < -0.3 is 9.80 Å². The zero-order valence-corrected chi connectivity index (χ0v) is 13.2. The Morgan fingerprint density at radius 3 is 2.11 bits per heavy atom. The minimum absolute atomic E-state index is 0.362. The van der Waals surface area contributed by atoms with Gasteiger partial charge in [0, 0.05) is 13.1 Å². The van der Waals surface area contributed by atoms with Crippen LogP contribution in [-0.2, 0) is 4.79 Å². The van der Waals surface area contributed by atoms with Gasteiger partial charge in [0.05, 0.1) is 0 Å². The fourth-order valence-corrected chi connectivity index (χ4v) is 1.77. The number of hydrogen-bond acceptors (Lipinski definition) is 3. The van der Waals surface area contributed by atoms with Crippen LogP contribution in [0.15, 0.2) is 0 Å². The summed E-state index contributed by atoms with van der Waals surface area (Å²) in [6.45, 7) is 11.9. The molecule has 3 amide bonds. The lowest BCUT2D eigenvalue weighted by molar-refractivity contribution is -0.119. The third kappa shape index (κ3) is 7.38. The Morgan fingerprint density at radius 2 is 1.68 bits per heavy atom. The number of carbonyl (C=O) groups is 2. The Hall–Kier alpha value is -0.810. The second-order valence-electron chi connectivity index (χ2n) is 4.37. The van der Waals surface area contributed by atoms with Crippen molar-refractivity contribution in [2.75, 3.05) is 32.7 Å². The maximum Gasteiger partial charge on any atom is 0.324 e. The average Bonchev–Trinajstić information content (AvgIpc) is 2.38. The summed E-state index contributed by atoms with van der Waals surface area (Å²) in [4.78, 5) is 27.1. The minimum atomic E-state index is -0.696. The van der Waals surface area contributed by atoms with Crippen molar-refractivity contribution in [3.05, 3.63) is 0 Å². The molecule has 0 bridgehead atoms. The van der Waals surface area contributed by atoms with E-state index in [4.69, 9.17) is 11.6 Å². The van der Waals surface area contributed by atoms with E-state index in [0.717, 1.165) is 26.1 Å². The summed E-state index contributed by atoms with van der Waals surface area (Å²) >= 11 is 5.61. The second-order valence-corrected chi connectivity index (χ2v) is 5.03. The molecular formula is C13H26ClN3O2. The van der Waals surface area contributed by atoms with E-state index in [2.05, 4.69) is 24.1 Å². The van der Waals surface area contributed by atoms with Gasteiger partial charge in [-0.1, -0.05) is 13.8 Å². The van der Waals surface area contributed by atoms with Crippen molar-refractivity contribution < 1.29 is 9.59 Å². The molecule has 1 atom stereocenters. The number of rotatable bonds is 8. The van der Waals surface area contributed by atoms with Crippen LogP contribution in [0.25, 0.3) is 0 Å². The predicted octanol–water partition coefficient (Wildman–Crippen LogP) is 1.90. The molecule has 0 heterocycles. The van der Waals surface area contributed by atoms with Crippen molar-refractivity contribution in [2.24, 2.45) is 0 Å². The highest BCUT2D eigenvalue weighted by molar-refractivity contribution is 6.31. The number of halogens is 1. The molecule has 0 fully saturated rings. The summed E-state index contributed by atoms with van der Waals surface area (Å²) in [5.74, 6) is -0.450. The molecule has 0 spiro atoms. The van der Waals surface area contributed by atoms with Crippen molar-refractivity contribution >= 4 is 23.5 Å². The number of nitrogens with one attached hydrogen (secondary N) is 1. The minimum Gasteiger partial charge on any atom is -0.325 e. The van der Waals surface area contributed by atoms with Crippen LogP contribution in [0.4, 0.5) is 4.79 Å². The van der Waals surface area contributed by atoms with Crippen LogP contribution in [0.1, 0.15) is 34.1 Å². The third-order valence-corrected chi connectivity index (χ3v) is 3.26. The van der Waals surface area contributed by atoms with Crippen LogP contribution < -0.4 is 5.32 Å². The van der Waals surface area contributed by atoms with E-state index in [0.29, 0.717) is 13.1 Å². The van der Waals surface area contributed by atoms with E-state index in [1.54, 1.807) is 11.8 Å². The SMILES string of the molecule is CCN(CC)CCCN(CC)C(=O)NC(=O)C(C)Cl. The molecular weight excluding hydrogens is 266 g/mol. The van der Waals surface area contributed by atoms with Crippen LogP contribution >= 0.6 is 11.6 Å². The van der Waals surface area contributed by atoms with E-state index in [-0.39, 0.29) is 6.03 Å². The maximum atomic E-state index is 11.8. The number of amides is 3. The fourth-order valence-electron chi connectivity index (χ4n) is 1.71. The summed E-state index contributed by atoms with van der Waals surface area (Å²) in [6.07, 6.45) is 0.896. The number of carbonyl (C=O) groups excluding carboxylic acids is 2. The molecule has 19 heavy (non-hydrogen) atoms. The van der Waals surface area contributed by atoms with Gasteiger partial charge in [0.2, 0.25) is 5.91 Å². The van der Waals surface area contributed by atoms with Crippen LogP contribution in [0, 0.1) is 0 Å². The third-order valence-electron chi connectivity index (χ3n) is 3.06. The van der Waals surface area contributed by atoms with Gasteiger partial charge in [-0.2, -0.15) is 0 Å². The molecule has 0 aromatic heterocycles. The monoisotopic (exact) mass is 291 g/mol. The van der Waals surface area contributed by atoms with Crippen molar-refractivity contribution in [1.82, 2.24) is 15.1 Å². The fraction of sp³-hybridized carbons (Fsp3) is 0.846. The Bertz CT molecular complexity index is 281. The molecule has 1 unspecified atom stereocenters. The molecule has 0 saturated carbocycles. The molecule has 0 radical (unpaired) electrons. The normalized spacial score (nSPS) is 12.3. The standard InChI is InChI=1S/C13H26ClN3O2/c1-5-16(6-2)9-8-10-17(7-3)13(19)15-12(18)11(4)14/h11H,5-10H2,1-4H3,(H,15,18,19). The number of urea groups is 1. The zero-order chi connectivity index (χ0) is 14.8. The Balaban J connectivity index is 4.12. The lowest BCUT2D eigenvalue weighted by Crippen LogP contribution is -2.45. The van der Waals surface area contributed by atoms with Gasteiger partial charge in [-0.3, -0.25) is 10.1 Å². The predicted molar refractivity (Wildman–Crippen MR) is 78.5 cm³/mol. The first-order valence-corrected chi connectivity index (χ1v) is 7.35. The molecule has 6 heteroatoms. The first kappa shape index (κ1) is 18.2. The molecule has 0 aliphatic rings. The molecule has 0 aromatic rings. The molecule has 0 aliphatic carbocycles. The largest absolute Gasteiger partial charge is 0.325 e. The van der Waals surface area contributed by atoms with E-state index in [1.807, 2.05) is 6.92 Å². The van der Waals surface area contributed by atoms with Gasteiger partial charge in [0.15, 0.2) is 0 Å². The van der Waals surface area contributed by atoms with E-state index >= 15 is 0 Å². The van der Waals surface area contributed by atoms with Crippen LogP contribution in [0.2, 0.25) is 0 Å². The Kier molecular flexibility index (Phi) is 9.61. The van der Waals surface area contributed by atoms with Gasteiger partial charge in [-0.05, 0) is 39.9 Å². The molecule has 0 aliphatic heterocycles. The molecule has 0 rings (SSSR count). The van der Waals surface area contributed by atoms with Gasteiger partial charge in [-0.25, -0.2) is 4.79 Å². The summed E-state index contributed by atoms with van der Waals surface area (Å²) in [7, 11) is 0. The average molecular weight is 292 g/mol. The van der Waals surface area contributed by atoms with E-state index < -0.39 is 11.3 Å². The summed E-state index contributed by atoms with van der Waals surface area (Å²) < 4.78 is 0. The maximum absolute atomic E-state index is 11.8. The number of alkyl halides is 1. The smallest absolute Gasteiger partial charge is 0.324 e. The molecule has 5 nitrogen and oxygen atoms in total. The molecule has 1 N–H and O–H groups in total. The second kappa shape index (κ2) is 10.0.